The molecule has 9 nitrogen and oxygen atoms in total. The van der Waals surface area contributed by atoms with E-state index in [4.69, 9.17) is 14.2 Å². The molecule has 0 amide bonds. The molecule has 2 aliphatic heterocycles. The molecule has 1 aliphatic carbocycles. The van der Waals surface area contributed by atoms with E-state index in [0.717, 1.165) is 76.8 Å². The zero-order valence-corrected chi connectivity index (χ0v) is 24.3. The molecule has 0 bridgehead atoms. The summed E-state index contributed by atoms with van der Waals surface area (Å²) in [4.78, 5) is 23.5. The van der Waals surface area contributed by atoms with Crippen LogP contribution in [0, 0.1) is 0 Å². The van der Waals surface area contributed by atoms with Crippen LogP contribution in [-0.2, 0) is 15.9 Å². The number of aliphatic hydroxyl groups is 1. The maximum Gasteiger partial charge on any atom is 0.510 e. The minimum absolute atomic E-state index is 0.0613. The number of rotatable bonds is 10. The van der Waals surface area contributed by atoms with Crippen molar-refractivity contribution in [3.63, 3.8) is 0 Å². The normalized spacial score (nSPS) is 19.6. The van der Waals surface area contributed by atoms with Crippen LogP contribution in [0.5, 0.6) is 5.88 Å². The van der Waals surface area contributed by atoms with Gasteiger partial charge in [-0.15, -0.1) is 0 Å². The van der Waals surface area contributed by atoms with Gasteiger partial charge in [-0.2, -0.15) is 4.98 Å². The first-order valence-electron chi connectivity index (χ1n) is 15.5. The molecule has 9 heteroatoms. The summed E-state index contributed by atoms with van der Waals surface area (Å²) in [6.07, 6.45) is 5.64. The SMILES string of the molecule is O=C(OCN1c2nc(OCCCCN3CCN(c4cccc5ccccc45)CC3)ccc2CCC1O)OC1CCCC1. The second kappa shape index (κ2) is 13.6. The van der Waals surface area contributed by atoms with Crippen molar-refractivity contribution in [3.8, 4) is 5.88 Å². The van der Waals surface area contributed by atoms with E-state index in [1.807, 2.05) is 12.1 Å². The van der Waals surface area contributed by atoms with Crippen molar-refractivity contribution in [1.29, 1.82) is 0 Å². The molecule has 3 aromatic rings. The topological polar surface area (TPSA) is 87.6 Å². The zero-order valence-electron chi connectivity index (χ0n) is 24.3. The lowest BCUT2D eigenvalue weighted by Crippen LogP contribution is -2.46. The number of nitrogens with zero attached hydrogens (tertiary/aromatic N) is 4. The second-order valence-electron chi connectivity index (χ2n) is 11.6. The van der Waals surface area contributed by atoms with Crippen LogP contribution in [0.1, 0.15) is 50.5 Å². The summed E-state index contributed by atoms with van der Waals surface area (Å²) in [5, 5.41) is 13.2. The van der Waals surface area contributed by atoms with Crippen molar-refractivity contribution < 1.29 is 24.1 Å². The van der Waals surface area contributed by atoms with Gasteiger partial charge in [0.15, 0.2) is 6.73 Å². The molecule has 1 atom stereocenters. The molecular formula is C33H42N4O5. The Morgan fingerprint density at radius 2 is 1.74 bits per heavy atom. The molecular weight excluding hydrogens is 532 g/mol. The number of carbonyl (C=O) groups is 1. The fourth-order valence-corrected chi connectivity index (χ4v) is 6.32. The summed E-state index contributed by atoms with van der Waals surface area (Å²) in [5.74, 6) is 1.12. The lowest BCUT2D eigenvalue weighted by molar-refractivity contribution is 0.0171. The van der Waals surface area contributed by atoms with Crippen molar-refractivity contribution >= 4 is 28.4 Å². The molecule has 3 heterocycles. The summed E-state index contributed by atoms with van der Waals surface area (Å²) in [5.41, 5.74) is 2.34. The Morgan fingerprint density at radius 1 is 0.929 bits per heavy atom. The minimum atomic E-state index is -0.777. The van der Waals surface area contributed by atoms with E-state index in [-0.39, 0.29) is 12.8 Å². The van der Waals surface area contributed by atoms with Crippen LogP contribution in [-0.4, -0.2) is 79.5 Å². The van der Waals surface area contributed by atoms with Gasteiger partial charge in [-0.25, -0.2) is 4.79 Å². The summed E-state index contributed by atoms with van der Waals surface area (Å²) in [6.45, 7) is 5.72. The molecule has 1 saturated carbocycles. The number of anilines is 2. The second-order valence-corrected chi connectivity index (χ2v) is 11.6. The zero-order chi connectivity index (χ0) is 28.7. The number of benzene rings is 2. The van der Waals surface area contributed by atoms with Gasteiger partial charge in [0.25, 0.3) is 0 Å². The highest BCUT2D eigenvalue weighted by atomic mass is 16.7. The van der Waals surface area contributed by atoms with Crippen molar-refractivity contribution in [2.75, 3.05) is 55.9 Å². The van der Waals surface area contributed by atoms with Gasteiger partial charge in [0.1, 0.15) is 18.1 Å². The number of unbranched alkanes of at least 4 members (excludes halogenated alkanes) is 1. The summed E-state index contributed by atoms with van der Waals surface area (Å²) in [7, 11) is 0. The third-order valence-corrected chi connectivity index (χ3v) is 8.72. The van der Waals surface area contributed by atoms with Gasteiger partial charge in [0.05, 0.1) is 6.61 Å². The molecule has 6 rings (SSSR count). The molecule has 1 aromatic heterocycles. The molecule has 1 saturated heterocycles. The highest BCUT2D eigenvalue weighted by Gasteiger charge is 2.28. The molecule has 1 unspecified atom stereocenters. The Hall–Kier alpha value is -3.56. The molecule has 0 spiro atoms. The van der Waals surface area contributed by atoms with E-state index in [1.165, 1.54) is 16.5 Å². The average Bonchev–Trinajstić information content (AvgIpc) is 3.53. The fraction of sp³-hybridized carbons (Fsp3) is 0.515. The monoisotopic (exact) mass is 574 g/mol. The lowest BCUT2D eigenvalue weighted by Gasteiger charge is -2.36. The number of hydrogen-bond acceptors (Lipinski definition) is 9. The number of aryl methyl sites for hydroxylation is 1. The molecule has 3 aliphatic rings. The number of aromatic nitrogens is 1. The summed E-state index contributed by atoms with van der Waals surface area (Å²) < 4.78 is 16.7. The fourth-order valence-electron chi connectivity index (χ4n) is 6.32. The van der Waals surface area contributed by atoms with Crippen LogP contribution < -0.4 is 14.5 Å². The van der Waals surface area contributed by atoms with Gasteiger partial charge in [-0.1, -0.05) is 36.4 Å². The molecule has 224 valence electrons. The van der Waals surface area contributed by atoms with Crippen LogP contribution in [0.15, 0.2) is 54.6 Å². The number of carbonyl (C=O) groups excluding carboxylic acids is 1. The van der Waals surface area contributed by atoms with Gasteiger partial charge >= 0.3 is 6.16 Å². The van der Waals surface area contributed by atoms with E-state index in [1.54, 1.807) is 4.90 Å². The Kier molecular flexibility index (Phi) is 9.25. The molecule has 42 heavy (non-hydrogen) atoms. The van der Waals surface area contributed by atoms with Gasteiger partial charge in [0.2, 0.25) is 5.88 Å². The highest BCUT2D eigenvalue weighted by molar-refractivity contribution is 5.94. The maximum absolute atomic E-state index is 12.2. The first-order valence-corrected chi connectivity index (χ1v) is 15.5. The summed E-state index contributed by atoms with van der Waals surface area (Å²) >= 11 is 0. The Balaban J connectivity index is 0.934. The number of ether oxygens (including phenoxy) is 3. The van der Waals surface area contributed by atoms with E-state index in [0.29, 0.717) is 31.1 Å². The highest BCUT2D eigenvalue weighted by Crippen LogP contribution is 2.31. The Bertz CT molecular complexity index is 1330. The van der Waals surface area contributed by atoms with Crippen LogP contribution in [0.4, 0.5) is 16.3 Å². The van der Waals surface area contributed by atoms with Crippen LogP contribution in [0.2, 0.25) is 0 Å². The van der Waals surface area contributed by atoms with Crippen LogP contribution in [0.25, 0.3) is 10.8 Å². The third kappa shape index (κ3) is 6.90. The van der Waals surface area contributed by atoms with Crippen molar-refractivity contribution in [1.82, 2.24) is 9.88 Å². The number of pyridine rings is 1. The predicted molar refractivity (Wildman–Crippen MR) is 163 cm³/mol. The van der Waals surface area contributed by atoms with Crippen molar-refractivity contribution in [3.05, 3.63) is 60.2 Å². The largest absolute Gasteiger partial charge is 0.510 e. The lowest BCUT2D eigenvalue weighted by atomic mass is 10.1. The number of hydrogen-bond donors (Lipinski definition) is 1. The Labute approximate surface area is 248 Å². The van der Waals surface area contributed by atoms with E-state index < -0.39 is 12.4 Å². The molecule has 0 radical (unpaired) electrons. The molecule has 2 fully saturated rings. The maximum atomic E-state index is 12.2. The van der Waals surface area contributed by atoms with Gasteiger partial charge in [-0.3, -0.25) is 9.80 Å². The van der Waals surface area contributed by atoms with Gasteiger partial charge in [-0.05, 0) is 81.0 Å². The third-order valence-electron chi connectivity index (χ3n) is 8.72. The number of aliphatic hydroxyl groups excluding tert-OH is 1. The van der Waals surface area contributed by atoms with Crippen molar-refractivity contribution in [2.45, 2.75) is 63.7 Å². The van der Waals surface area contributed by atoms with E-state index in [2.05, 4.69) is 57.2 Å². The standard InChI is InChI=1S/C33H42N4O5/c38-31-17-15-26-14-16-30(34-32(26)37(31)24-41-33(39)42-27-10-2-3-11-27)40-23-6-5-18-35-19-21-36(22-20-35)29-13-7-9-25-8-1-4-12-28(25)29/h1,4,7-9,12-14,16,27,31,38H,2-3,5-6,10-11,15,17-24H2. The van der Waals surface area contributed by atoms with Crippen molar-refractivity contribution in [2.24, 2.45) is 0 Å². The van der Waals surface area contributed by atoms with Crippen LogP contribution in [0.3, 0.4) is 0 Å². The Morgan fingerprint density at radius 3 is 2.60 bits per heavy atom. The first kappa shape index (κ1) is 28.6. The number of fused-ring (bicyclic) bond motifs is 2. The first-order chi connectivity index (χ1) is 20.6. The molecule has 2 aromatic carbocycles. The minimum Gasteiger partial charge on any atom is -0.478 e. The van der Waals surface area contributed by atoms with E-state index >= 15 is 0 Å². The summed E-state index contributed by atoms with van der Waals surface area (Å²) in [6, 6.07) is 19.1. The van der Waals surface area contributed by atoms with Gasteiger partial charge < -0.3 is 24.2 Å². The average molecular weight is 575 g/mol. The van der Waals surface area contributed by atoms with E-state index in [9.17, 15) is 9.90 Å². The smallest absolute Gasteiger partial charge is 0.478 e. The number of piperazine rings is 1. The predicted octanol–water partition coefficient (Wildman–Crippen LogP) is 5.34. The van der Waals surface area contributed by atoms with Gasteiger partial charge in [0, 0.05) is 43.3 Å². The molecule has 1 N–H and O–H groups in total. The quantitative estimate of drug-likeness (QED) is 0.255. The van der Waals surface area contributed by atoms with Crippen LogP contribution >= 0.6 is 0 Å².